The zero-order valence-corrected chi connectivity index (χ0v) is 12.6. The van der Waals surface area contributed by atoms with Crippen LogP contribution in [-0.2, 0) is 14.8 Å². The average molecular weight is 298 g/mol. The van der Waals surface area contributed by atoms with Crippen LogP contribution in [0.25, 0.3) is 0 Å². The van der Waals surface area contributed by atoms with E-state index < -0.39 is 10.0 Å². The molecule has 0 bridgehead atoms. The second kappa shape index (κ2) is 6.56. The number of nitrogens with two attached hydrogens (primary N) is 1. The normalized spacial score (nSPS) is 19.9. The summed E-state index contributed by atoms with van der Waals surface area (Å²) in [4.78, 5) is 0.146. The number of aryl methyl sites for hydroxylation is 1. The van der Waals surface area contributed by atoms with Crippen LogP contribution < -0.4 is 10.5 Å². The highest BCUT2D eigenvalue weighted by molar-refractivity contribution is 7.89. The summed E-state index contributed by atoms with van der Waals surface area (Å²) in [5.41, 5.74) is 7.00. The smallest absolute Gasteiger partial charge is 0.242 e. The van der Waals surface area contributed by atoms with Gasteiger partial charge in [-0.15, -0.1) is 0 Å². The first-order valence-corrected chi connectivity index (χ1v) is 8.45. The molecule has 3 N–H and O–H groups in total. The van der Waals surface area contributed by atoms with E-state index in [1.54, 1.807) is 18.2 Å². The lowest BCUT2D eigenvalue weighted by Crippen LogP contribution is -2.30. The first kappa shape index (κ1) is 15.3. The molecule has 1 saturated heterocycles. The Morgan fingerprint density at radius 2 is 2.20 bits per heavy atom. The topological polar surface area (TPSA) is 81.4 Å². The molecule has 0 radical (unpaired) electrons. The third-order valence-electron chi connectivity index (χ3n) is 3.49. The molecule has 0 spiro atoms. The van der Waals surface area contributed by atoms with Crippen LogP contribution in [0.3, 0.4) is 0 Å². The molecule has 1 aromatic carbocycles. The summed E-state index contributed by atoms with van der Waals surface area (Å²) < 4.78 is 32.5. The summed E-state index contributed by atoms with van der Waals surface area (Å²) in [7, 11) is -3.54. The van der Waals surface area contributed by atoms with Crippen LogP contribution in [0.1, 0.15) is 31.2 Å². The Hall–Kier alpha value is -1.11. The van der Waals surface area contributed by atoms with Crippen molar-refractivity contribution in [3.05, 3.63) is 23.8 Å². The number of rotatable bonds is 5. The highest BCUT2D eigenvalue weighted by atomic mass is 32.2. The number of anilines is 1. The molecule has 20 heavy (non-hydrogen) atoms. The van der Waals surface area contributed by atoms with Gasteiger partial charge < -0.3 is 10.5 Å². The lowest BCUT2D eigenvalue weighted by Gasteiger charge is -2.22. The highest BCUT2D eigenvalue weighted by Gasteiger charge is 2.19. The van der Waals surface area contributed by atoms with Gasteiger partial charge in [0.15, 0.2) is 0 Å². The van der Waals surface area contributed by atoms with Crippen LogP contribution in [0.4, 0.5) is 5.69 Å². The molecule has 1 aromatic rings. The van der Waals surface area contributed by atoms with E-state index in [1.165, 1.54) is 0 Å². The van der Waals surface area contributed by atoms with E-state index >= 15 is 0 Å². The van der Waals surface area contributed by atoms with E-state index in [0.29, 0.717) is 13.0 Å². The molecular formula is C14H22N2O3S. The van der Waals surface area contributed by atoms with Gasteiger partial charge in [0.2, 0.25) is 10.0 Å². The largest absolute Gasteiger partial charge is 0.398 e. The maximum atomic E-state index is 12.2. The van der Waals surface area contributed by atoms with E-state index in [4.69, 9.17) is 10.5 Å². The molecule has 6 heteroatoms. The van der Waals surface area contributed by atoms with Crippen molar-refractivity contribution in [2.45, 2.75) is 43.6 Å². The second-order valence-electron chi connectivity index (χ2n) is 5.22. The Kier molecular flexibility index (Phi) is 5.01. The number of benzene rings is 1. The summed E-state index contributed by atoms with van der Waals surface area (Å²) in [5, 5.41) is 0. The zero-order chi connectivity index (χ0) is 14.6. The SMILES string of the molecule is Cc1ccc(S(=O)(=O)NCCC2CCCCO2)c(N)c1. The van der Waals surface area contributed by atoms with Crippen molar-refractivity contribution in [2.24, 2.45) is 0 Å². The van der Waals surface area contributed by atoms with Gasteiger partial charge in [-0.2, -0.15) is 0 Å². The molecule has 1 fully saturated rings. The fraction of sp³-hybridized carbons (Fsp3) is 0.571. The van der Waals surface area contributed by atoms with Crippen LogP contribution in [-0.4, -0.2) is 27.7 Å². The lowest BCUT2D eigenvalue weighted by atomic mass is 10.1. The van der Waals surface area contributed by atoms with Crippen molar-refractivity contribution < 1.29 is 13.2 Å². The Labute approximate surface area is 120 Å². The third-order valence-corrected chi connectivity index (χ3v) is 5.02. The minimum Gasteiger partial charge on any atom is -0.398 e. The Morgan fingerprint density at radius 3 is 2.85 bits per heavy atom. The molecule has 0 saturated carbocycles. The van der Waals surface area contributed by atoms with E-state index in [2.05, 4.69) is 4.72 Å². The van der Waals surface area contributed by atoms with Gasteiger partial charge in [0.1, 0.15) is 4.90 Å². The van der Waals surface area contributed by atoms with Crippen LogP contribution in [0.2, 0.25) is 0 Å². The Morgan fingerprint density at radius 1 is 1.40 bits per heavy atom. The molecule has 2 rings (SSSR count). The third kappa shape index (κ3) is 3.94. The monoisotopic (exact) mass is 298 g/mol. The van der Waals surface area contributed by atoms with Crippen molar-refractivity contribution in [3.63, 3.8) is 0 Å². The van der Waals surface area contributed by atoms with Gasteiger partial charge in [0.05, 0.1) is 11.8 Å². The van der Waals surface area contributed by atoms with Crippen LogP contribution in [0.15, 0.2) is 23.1 Å². The van der Waals surface area contributed by atoms with Gasteiger partial charge in [-0.3, -0.25) is 0 Å². The predicted molar refractivity (Wildman–Crippen MR) is 79.0 cm³/mol. The lowest BCUT2D eigenvalue weighted by molar-refractivity contribution is 0.0123. The molecule has 1 aliphatic heterocycles. The number of hydrogen-bond donors (Lipinski definition) is 2. The van der Waals surface area contributed by atoms with E-state index in [0.717, 1.165) is 31.4 Å². The summed E-state index contributed by atoms with van der Waals surface area (Å²) in [6.45, 7) is 3.03. The molecule has 1 aliphatic rings. The van der Waals surface area contributed by atoms with Gasteiger partial charge in [0, 0.05) is 13.2 Å². The predicted octanol–water partition coefficient (Wildman–Crippen LogP) is 1.81. The van der Waals surface area contributed by atoms with Gasteiger partial charge in [-0.1, -0.05) is 6.07 Å². The second-order valence-corrected chi connectivity index (χ2v) is 6.95. The number of ether oxygens (including phenoxy) is 1. The quantitative estimate of drug-likeness (QED) is 0.812. The summed E-state index contributed by atoms with van der Waals surface area (Å²) in [6, 6.07) is 4.96. The maximum Gasteiger partial charge on any atom is 0.242 e. The fourth-order valence-electron chi connectivity index (χ4n) is 2.38. The summed E-state index contributed by atoms with van der Waals surface area (Å²) in [5.74, 6) is 0. The molecule has 1 heterocycles. The molecule has 1 unspecified atom stereocenters. The van der Waals surface area contributed by atoms with Crippen LogP contribution >= 0.6 is 0 Å². The molecule has 0 aliphatic carbocycles. The van der Waals surface area contributed by atoms with Gasteiger partial charge in [-0.25, -0.2) is 13.1 Å². The van der Waals surface area contributed by atoms with Crippen molar-refractivity contribution in [1.82, 2.24) is 4.72 Å². The van der Waals surface area contributed by atoms with Gasteiger partial charge >= 0.3 is 0 Å². The van der Waals surface area contributed by atoms with Crippen LogP contribution in [0.5, 0.6) is 0 Å². The van der Waals surface area contributed by atoms with E-state index in [-0.39, 0.29) is 16.7 Å². The maximum absolute atomic E-state index is 12.2. The molecular weight excluding hydrogens is 276 g/mol. The Balaban J connectivity index is 1.93. The minimum absolute atomic E-state index is 0.146. The first-order chi connectivity index (χ1) is 9.49. The van der Waals surface area contributed by atoms with Crippen LogP contribution in [0, 0.1) is 6.92 Å². The van der Waals surface area contributed by atoms with Crippen molar-refractivity contribution in [2.75, 3.05) is 18.9 Å². The number of nitrogen functional groups attached to an aromatic ring is 1. The standard InChI is InChI=1S/C14H22N2O3S/c1-11-5-6-14(13(15)10-11)20(17,18)16-8-7-12-4-2-3-9-19-12/h5-6,10,12,16H,2-4,7-9,15H2,1H3. The highest BCUT2D eigenvalue weighted by Crippen LogP contribution is 2.20. The summed E-state index contributed by atoms with van der Waals surface area (Å²) in [6.07, 6.45) is 4.13. The minimum atomic E-state index is -3.54. The number of nitrogens with one attached hydrogen (secondary N) is 1. The van der Waals surface area contributed by atoms with Gasteiger partial charge in [0.25, 0.3) is 0 Å². The molecule has 1 atom stereocenters. The zero-order valence-electron chi connectivity index (χ0n) is 11.8. The first-order valence-electron chi connectivity index (χ1n) is 6.96. The van der Waals surface area contributed by atoms with Crippen molar-refractivity contribution >= 4 is 15.7 Å². The van der Waals surface area contributed by atoms with Crippen molar-refractivity contribution in [3.8, 4) is 0 Å². The van der Waals surface area contributed by atoms with Crippen molar-refractivity contribution in [1.29, 1.82) is 0 Å². The molecule has 112 valence electrons. The summed E-state index contributed by atoms with van der Waals surface area (Å²) >= 11 is 0. The molecule has 5 nitrogen and oxygen atoms in total. The molecule has 0 amide bonds. The van der Waals surface area contributed by atoms with E-state index in [1.807, 2.05) is 6.92 Å². The van der Waals surface area contributed by atoms with Gasteiger partial charge in [-0.05, 0) is 50.3 Å². The fourth-order valence-corrected chi connectivity index (χ4v) is 3.54. The average Bonchev–Trinajstić information content (AvgIpc) is 2.39. The van der Waals surface area contributed by atoms with E-state index in [9.17, 15) is 8.42 Å². The number of hydrogen-bond acceptors (Lipinski definition) is 4. The Bertz CT molecular complexity index is 552. The number of sulfonamides is 1. The molecule has 0 aromatic heterocycles.